The van der Waals surface area contributed by atoms with Gasteiger partial charge in [-0.3, -0.25) is 9.69 Å². The van der Waals surface area contributed by atoms with E-state index < -0.39 is 0 Å². The Hall–Kier alpha value is -1.89. The van der Waals surface area contributed by atoms with Gasteiger partial charge in [0.2, 0.25) is 11.9 Å². The molecule has 148 valence electrons. The van der Waals surface area contributed by atoms with Crippen molar-refractivity contribution in [3.05, 3.63) is 11.8 Å². The Morgan fingerprint density at radius 2 is 1.81 bits per heavy atom. The average molecular weight is 373 g/mol. The fraction of sp³-hybridized carbons (Fsp3) is 0.750. The van der Waals surface area contributed by atoms with Crippen LogP contribution in [0.25, 0.3) is 0 Å². The molecule has 1 amide bonds. The number of carbonyl (C=O) groups is 1. The molecule has 3 saturated heterocycles. The Morgan fingerprint density at radius 3 is 2.52 bits per heavy atom. The summed E-state index contributed by atoms with van der Waals surface area (Å²) in [6.45, 7) is 7.83. The number of carbonyl (C=O) groups excluding carboxylic acids is 1. The molecule has 0 aliphatic carbocycles. The molecule has 0 unspecified atom stereocenters. The summed E-state index contributed by atoms with van der Waals surface area (Å²) in [6, 6.07) is 0.568. The number of amides is 1. The molecule has 0 spiro atoms. The Morgan fingerprint density at radius 1 is 1.07 bits per heavy atom. The average Bonchev–Trinajstić information content (AvgIpc) is 3.25. The second-order valence-electron chi connectivity index (χ2n) is 8.32. The van der Waals surface area contributed by atoms with Gasteiger partial charge in [0.1, 0.15) is 5.82 Å². The summed E-state index contributed by atoms with van der Waals surface area (Å²) < 4.78 is 0. The predicted octanol–water partition coefficient (Wildman–Crippen LogP) is 1.67. The fourth-order valence-electron chi connectivity index (χ4n) is 4.76. The highest BCUT2D eigenvalue weighted by Gasteiger charge is 2.34. The van der Waals surface area contributed by atoms with Gasteiger partial charge in [0.15, 0.2) is 0 Å². The van der Waals surface area contributed by atoms with Crippen molar-refractivity contribution in [2.75, 3.05) is 49.9 Å². The highest BCUT2D eigenvalue weighted by atomic mass is 16.2. The minimum absolute atomic E-state index is 0.204. The van der Waals surface area contributed by atoms with E-state index in [2.05, 4.69) is 24.7 Å². The van der Waals surface area contributed by atoms with Crippen LogP contribution in [0.15, 0.2) is 6.20 Å². The molecule has 1 aromatic heterocycles. The number of likely N-dealkylation sites (tertiary alicyclic amines) is 2. The molecule has 3 aliphatic heterocycles. The standard InChI is InChI=1S/C20H32N6O/c1-15-13-22-20(23-18(15)21)25-11-6-17(7-12-25)26-10-4-5-16(14-26)19(27)24-8-2-3-9-24/h13,16-17H,2-12,14H2,1H3,(H2,21,22,23)/t16-/m1/s1. The summed E-state index contributed by atoms with van der Waals surface area (Å²) in [4.78, 5) is 28.6. The first-order valence-corrected chi connectivity index (χ1v) is 10.5. The molecule has 4 rings (SSSR count). The molecule has 1 atom stereocenters. The highest BCUT2D eigenvalue weighted by molar-refractivity contribution is 5.79. The number of nitrogen functional groups attached to an aromatic ring is 1. The van der Waals surface area contributed by atoms with Crippen LogP contribution < -0.4 is 10.6 Å². The molecular formula is C20H32N6O. The molecule has 3 aliphatic rings. The molecule has 0 bridgehead atoms. The molecule has 1 aromatic rings. The Bertz CT molecular complexity index is 666. The predicted molar refractivity (Wildman–Crippen MR) is 107 cm³/mol. The molecular weight excluding hydrogens is 340 g/mol. The summed E-state index contributed by atoms with van der Waals surface area (Å²) in [5.74, 6) is 1.92. The zero-order valence-electron chi connectivity index (χ0n) is 16.4. The lowest BCUT2D eigenvalue weighted by Gasteiger charge is -2.42. The maximum absolute atomic E-state index is 12.8. The zero-order chi connectivity index (χ0) is 18.8. The lowest BCUT2D eigenvalue weighted by atomic mass is 9.93. The van der Waals surface area contributed by atoms with Crippen molar-refractivity contribution in [2.24, 2.45) is 5.92 Å². The third-order valence-corrected chi connectivity index (χ3v) is 6.48. The first kappa shape index (κ1) is 18.5. The van der Waals surface area contributed by atoms with Crippen LogP contribution in [0.5, 0.6) is 0 Å². The van der Waals surface area contributed by atoms with Gasteiger partial charge < -0.3 is 15.5 Å². The summed E-state index contributed by atoms with van der Waals surface area (Å²) in [7, 11) is 0. The highest BCUT2D eigenvalue weighted by Crippen LogP contribution is 2.27. The number of aryl methyl sites for hydroxylation is 1. The molecule has 2 N–H and O–H groups in total. The van der Waals surface area contributed by atoms with E-state index in [9.17, 15) is 4.79 Å². The molecule has 4 heterocycles. The molecule has 3 fully saturated rings. The summed E-state index contributed by atoms with van der Waals surface area (Å²) in [6.07, 6.45) is 8.55. The minimum atomic E-state index is 0.204. The lowest BCUT2D eigenvalue weighted by Crippen LogP contribution is -2.51. The molecule has 0 aromatic carbocycles. The number of rotatable bonds is 3. The summed E-state index contributed by atoms with van der Waals surface area (Å²) in [5.41, 5.74) is 6.87. The van der Waals surface area contributed by atoms with Crippen LogP contribution in [0.3, 0.4) is 0 Å². The van der Waals surface area contributed by atoms with E-state index in [0.29, 0.717) is 17.8 Å². The smallest absolute Gasteiger partial charge is 0.227 e. The van der Waals surface area contributed by atoms with Crippen molar-refractivity contribution in [3.63, 3.8) is 0 Å². The van der Waals surface area contributed by atoms with Crippen molar-refractivity contribution in [1.29, 1.82) is 0 Å². The molecule has 7 nitrogen and oxygen atoms in total. The van der Waals surface area contributed by atoms with Gasteiger partial charge in [-0.05, 0) is 52.0 Å². The van der Waals surface area contributed by atoms with Crippen molar-refractivity contribution in [1.82, 2.24) is 19.8 Å². The molecule has 0 saturated carbocycles. The van der Waals surface area contributed by atoms with Gasteiger partial charge in [-0.2, -0.15) is 4.98 Å². The molecule has 7 heteroatoms. The van der Waals surface area contributed by atoms with Crippen LogP contribution in [0.2, 0.25) is 0 Å². The van der Waals surface area contributed by atoms with Crippen LogP contribution in [-0.4, -0.2) is 71.0 Å². The van der Waals surface area contributed by atoms with Gasteiger partial charge in [0.05, 0.1) is 5.92 Å². The van der Waals surface area contributed by atoms with Crippen molar-refractivity contribution >= 4 is 17.7 Å². The van der Waals surface area contributed by atoms with E-state index >= 15 is 0 Å². The zero-order valence-corrected chi connectivity index (χ0v) is 16.4. The third-order valence-electron chi connectivity index (χ3n) is 6.48. The summed E-state index contributed by atoms with van der Waals surface area (Å²) >= 11 is 0. The maximum Gasteiger partial charge on any atom is 0.227 e. The molecule has 27 heavy (non-hydrogen) atoms. The SMILES string of the molecule is Cc1cnc(N2CCC(N3CCC[C@@H](C(=O)N4CCCC4)C3)CC2)nc1N. The second-order valence-corrected chi connectivity index (χ2v) is 8.32. The normalized spacial score (nSPS) is 25.1. The number of piperidine rings is 2. The van der Waals surface area contributed by atoms with E-state index in [-0.39, 0.29) is 5.92 Å². The first-order valence-electron chi connectivity index (χ1n) is 10.5. The topological polar surface area (TPSA) is 78.6 Å². The third kappa shape index (κ3) is 4.03. The van der Waals surface area contributed by atoms with Gasteiger partial charge in [-0.15, -0.1) is 0 Å². The largest absolute Gasteiger partial charge is 0.383 e. The van der Waals surface area contributed by atoms with Crippen LogP contribution in [0.4, 0.5) is 11.8 Å². The van der Waals surface area contributed by atoms with Crippen molar-refractivity contribution in [3.8, 4) is 0 Å². The van der Waals surface area contributed by atoms with Gasteiger partial charge >= 0.3 is 0 Å². The van der Waals surface area contributed by atoms with Gasteiger partial charge in [0, 0.05) is 50.5 Å². The molecule has 0 radical (unpaired) electrons. The Balaban J connectivity index is 1.32. The van der Waals surface area contributed by atoms with E-state index in [0.717, 1.165) is 76.5 Å². The maximum atomic E-state index is 12.8. The van der Waals surface area contributed by atoms with Crippen molar-refractivity contribution in [2.45, 2.75) is 51.5 Å². The van der Waals surface area contributed by atoms with E-state index in [4.69, 9.17) is 5.73 Å². The number of hydrogen-bond acceptors (Lipinski definition) is 6. The van der Waals surface area contributed by atoms with Crippen molar-refractivity contribution < 1.29 is 4.79 Å². The Kier molecular flexibility index (Phi) is 5.48. The van der Waals surface area contributed by atoms with Gasteiger partial charge in [-0.1, -0.05) is 0 Å². The van der Waals surface area contributed by atoms with E-state index in [1.165, 1.54) is 12.8 Å². The van der Waals surface area contributed by atoms with Crippen LogP contribution in [0, 0.1) is 12.8 Å². The number of nitrogens with zero attached hydrogens (tertiary/aromatic N) is 5. The van der Waals surface area contributed by atoms with Crippen LogP contribution in [0.1, 0.15) is 44.1 Å². The second kappa shape index (κ2) is 8.00. The van der Waals surface area contributed by atoms with E-state index in [1.54, 1.807) is 0 Å². The monoisotopic (exact) mass is 372 g/mol. The lowest BCUT2D eigenvalue weighted by molar-refractivity contribution is -0.136. The summed E-state index contributed by atoms with van der Waals surface area (Å²) in [5, 5.41) is 0. The number of aromatic nitrogens is 2. The van der Waals surface area contributed by atoms with Crippen LogP contribution >= 0.6 is 0 Å². The number of anilines is 2. The Labute approximate surface area is 161 Å². The van der Waals surface area contributed by atoms with Gasteiger partial charge in [-0.25, -0.2) is 4.98 Å². The fourth-order valence-corrected chi connectivity index (χ4v) is 4.76. The minimum Gasteiger partial charge on any atom is -0.383 e. The quantitative estimate of drug-likeness (QED) is 0.870. The number of nitrogens with two attached hydrogens (primary N) is 1. The van der Waals surface area contributed by atoms with Gasteiger partial charge in [0.25, 0.3) is 0 Å². The first-order chi connectivity index (χ1) is 13.1. The van der Waals surface area contributed by atoms with E-state index in [1.807, 2.05) is 13.1 Å². The van der Waals surface area contributed by atoms with Crippen LogP contribution in [-0.2, 0) is 4.79 Å². The number of hydrogen-bond donors (Lipinski definition) is 1.